The molecule has 0 fully saturated rings. The monoisotopic (exact) mass is 378 g/mol. The first kappa shape index (κ1) is 19.9. The summed E-state index contributed by atoms with van der Waals surface area (Å²) < 4.78 is 28.0. The van der Waals surface area contributed by atoms with Gasteiger partial charge >= 0.3 is 0 Å². The molecule has 0 saturated carbocycles. The maximum absolute atomic E-state index is 12.4. The van der Waals surface area contributed by atoms with Gasteiger partial charge in [-0.1, -0.05) is 18.2 Å². The van der Waals surface area contributed by atoms with E-state index in [1.54, 1.807) is 31.4 Å². The summed E-state index contributed by atoms with van der Waals surface area (Å²) in [6.45, 7) is 1.92. The molecule has 0 aliphatic heterocycles. The van der Waals surface area contributed by atoms with Crippen LogP contribution in [0.25, 0.3) is 0 Å². The van der Waals surface area contributed by atoms with Crippen LogP contribution < -0.4 is 10.6 Å². The number of benzene rings is 1. The molecular formula is C17H26N6O2S. The lowest BCUT2D eigenvalue weighted by Crippen LogP contribution is -2.38. The Balaban J connectivity index is 1.90. The highest BCUT2D eigenvalue weighted by molar-refractivity contribution is 7.89. The highest BCUT2D eigenvalue weighted by Crippen LogP contribution is 2.18. The molecule has 0 spiro atoms. The van der Waals surface area contributed by atoms with Crippen molar-refractivity contribution >= 4 is 16.0 Å². The van der Waals surface area contributed by atoms with Gasteiger partial charge in [-0.25, -0.2) is 12.7 Å². The first-order valence-corrected chi connectivity index (χ1v) is 9.81. The van der Waals surface area contributed by atoms with Gasteiger partial charge in [0.1, 0.15) is 0 Å². The topological polar surface area (TPSA) is 91.6 Å². The molecule has 0 aliphatic carbocycles. The SMILES string of the molecule is CN=C(NCCCn1cccn1)NCc1ccccc1S(=O)(=O)N(C)C. The van der Waals surface area contributed by atoms with Crippen LogP contribution >= 0.6 is 0 Å². The van der Waals surface area contributed by atoms with Gasteiger partial charge in [0.2, 0.25) is 10.0 Å². The Bertz CT molecular complexity index is 816. The van der Waals surface area contributed by atoms with Gasteiger partial charge in [0.25, 0.3) is 0 Å². The Kier molecular flexibility index (Phi) is 7.16. The van der Waals surface area contributed by atoms with Crippen LogP contribution in [-0.2, 0) is 23.1 Å². The average molecular weight is 379 g/mol. The number of aromatic nitrogens is 2. The standard InChI is InChI=1S/C17H26N6O2S/c1-18-17(19-10-6-12-23-13-7-11-21-23)20-14-15-8-4-5-9-16(15)26(24,25)22(2)3/h4-5,7-9,11,13H,6,10,12,14H2,1-3H3,(H2,18,19,20). The molecule has 0 unspecified atom stereocenters. The second-order valence-electron chi connectivity index (χ2n) is 5.87. The highest BCUT2D eigenvalue weighted by Gasteiger charge is 2.20. The molecule has 26 heavy (non-hydrogen) atoms. The van der Waals surface area contributed by atoms with E-state index in [9.17, 15) is 8.42 Å². The molecule has 9 heteroatoms. The molecular weight excluding hydrogens is 352 g/mol. The summed E-state index contributed by atoms with van der Waals surface area (Å²) in [7, 11) is 1.26. The molecule has 1 aromatic carbocycles. The summed E-state index contributed by atoms with van der Waals surface area (Å²) in [6, 6.07) is 8.86. The van der Waals surface area contributed by atoms with E-state index >= 15 is 0 Å². The van der Waals surface area contributed by atoms with E-state index in [0.717, 1.165) is 19.5 Å². The van der Waals surface area contributed by atoms with Crippen molar-refractivity contribution in [3.05, 3.63) is 48.3 Å². The van der Waals surface area contributed by atoms with E-state index in [1.165, 1.54) is 18.4 Å². The van der Waals surface area contributed by atoms with Crippen LogP contribution in [-0.4, -0.2) is 56.2 Å². The van der Waals surface area contributed by atoms with Gasteiger partial charge in [-0.3, -0.25) is 9.67 Å². The Hall–Kier alpha value is -2.39. The Morgan fingerprint density at radius 3 is 2.65 bits per heavy atom. The number of nitrogens with one attached hydrogen (secondary N) is 2. The second-order valence-corrected chi connectivity index (χ2v) is 7.99. The fourth-order valence-corrected chi connectivity index (χ4v) is 3.49. The van der Waals surface area contributed by atoms with Gasteiger partial charge in [-0.2, -0.15) is 5.10 Å². The maximum Gasteiger partial charge on any atom is 0.242 e. The van der Waals surface area contributed by atoms with Crippen molar-refractivity contribution in [2.45, 2.75) is 24.4 Å². The summed E-state index contributed by atoms with van der Waals surface area (Å²) >= 11 is 0. The van der Waals surface area contributed by atoms with Gasteiger partial charge in [-0.05, 0) is 24.1 Å². The van der Waals surface area contributed by atoms with Gasteiger partial charge < -0.3 is 10.6 Å². The number of hydrogen-bond donors (Lipinski definition) is 2. The number of hydrogen-bond acceptors (Lipinski definition) is 4. The molecule has 1 aromatic heterocycles. The van der Waals surface area contributed by atoms with E-state index in [2.05, 4.69) is 20.7 Å². The molecule has 142 valence electrons. The van der Waals surface area contributed by atoms with Gasteiger partial charge in [0, 0.05) is 53.2 Å². The zero-order chi connectivity index (χ0) is 19.0. The van der Waals surface area contributed by atoms with Crippen LogP contribution in [0.4, 0.5) is 0 Å². The first-order chi connectivity index (χ1) is 12.4. The summed E-state index contributed by atoms with van der Waals surface area (Å²) in [4.78, 5) is 4.47. The molecule has 8 nitrogen and oxygen atoms in total. The van der Waals surface area contributed by atoms with E-state index < -0.39 is 10.0 Å². The molecule has 0 atom stereocenters. The Morgan fingerprint density at radius 2 is 2.00 bits per heavy atom. The minimum Gasteiger partial charge on any atom is -0.356 e. The fraction of sp³-hybridized carbons (Fsp3) is 0.412. The summed E-state index contributed by atoms with van der Waals surface area (Å²) in [5.41, 5.74) is 0.695. The number of guanidine groups is 1. The number of nitrogens with zero attached hydrogens (tertiary/aromatic N) is 4. The third-order valence-electron chi connectivity index (χ3n) is 3.82. The number of sulfonamides is 1. The largest absolute Gasteiger partial charge is 0.356 e. The molecule has 0 amide bonds. The fourth-order valence-electron chi connectivity index (χ4n) is 2.38. The second kappa shape index (κ2) is 9.35. The van der Waals surface area contributed by atoms with Crippen molar-refractivity contribution in [3.8, 4) is 0 Å². The Labute approximate surface area is 155 Å². The third kappa shape index (κ3) is 5.30. The van der Waals surface area contributed by atoms with Crippen molar-refractivity contribution in [2.24, 2.45) is 4.99 Å². The van der Waals surface area contributed by atoms with Crippen molar-refractivity contribution < 1.29 is 8.42 Å². The van der Waals surface area contributed by atoms with E-state index in [4.69, 9.17) is 0 Å². The minimum atomic E-state index is -3.48. The smallest absolute Gasteiger partial charge is 0.242 e. The number of aryl methyl sites for hydroxylation is 1. The van der Waals surface area contributed by atoms with Crippen LogP contribution in [0.2, 0.25) is 0 Å². The maximum atomic E-state index is 12.4. The minimum absolute atomic E-state index is 0.298. The molecule has 2 N–H and O–H groups in total. The van der Waals surface area contributed by atoms with E-state index in [0.29, 0.717) is 23.0 Å². The molecule has 2 rings (SSSR count). The summed E-state index contributed by atoms with van der Waals surface area (Å²) in [5, 5.41) is 10.5. The quantitative estimate of drug-likeness (QED) is 0.404. The van der Waals surface area contributed by atoms with Crippen LogP contribution in [0, 0.1) is 0 Å². The van der Waals surface area contributed by atoms with E-state index in [1.807, 2.05) is 23.0 Å². The first-order valence-electron chi connectivity index (χ1n) is 8.37. The highest BCUT2D eigenvalue weighted by atomic mass is 32.2. The zero-order valence-electron chi connectivity index (χ0n) is 15.4. The van der Waals surface area contributed by atoms with Gasteiger partial charge in [0.05, 0.1) is 4.90 Å². The lowest BCUT2D eigenvalue weighted by Gasteiger charge is -2.17. The van der Waals surface area contributed by atoms with Crippen LogP contribution in [0.15, 0.2) is 52.6 Å². The van der Waals surface area contributed by atoms with Gasteiger partial charge in [0.15, 0.2) is 5.96 Å². The molecule has 0 bridgehead atoms. The summed E-state index contributed by atoms with van der Waals surface area (Å²) in [5.74, 6) is 0.627. The Morgan fingerprint density at radius 1 is 1.23 bits per heavy atom. The normalized spacial score (nSPS) is 12.4. The zero-order valence-corrected chi connectivity index (χ0v) is 16.2. The lowest BCUT2D eigenvalue weighted by molar-refractivity contribution is 0.519. The van der Waals surface area contributed by atoms with Crippen molar-refractivity contribution in [2.75, 3.05) is 27.7 Å². The molecule has 0 radical (unpaired) electrons. The summed E-state index contributed by atoms with van der Waals surface area (Å²) in [6.07, 6.45) is 4.58. The molecule has 1 heterocycles. The van der Waals surface area contributed by atoms with Crippen LogP contribution in [0.1, 0.15) is 12.0 Å². The molecule has 0 saturated heterocycles. The van der Waals surface area contributed by atoms with Gasteiger partial charge in [-0.15, -0.1) is 0 Å². The average Bonchev–Trinajstić information content (AvgIpc) is 3.14. The van der Waals surface area contributed by atoms with Crippen LogP contribution in [0.5, 0.6) is 0 Å². The van der Waals surface area contributed by atoms with Crippen molar-refractivity contribution in [1.29, 1.82) is 0 Å². The lowest BCUT2D eigenvalue weighted by atomic mass is 10.2. The predicted molar refractivity (Wildman–Crippen MR) is 102 cm³/mol. The van der Waals surface area contributed by atoms with Crippen molar-refractivity contribution in [3.63, 3.8) is 0 Å². The van der Waals surface area contributed by atoms with Crippen LogP contribution in [0.3, 0.4) is 0 Å². The van der Waals surface area contributed by atoms with E-state index in [-0.39, 0.29) is 0 Å². The van der Waals surface area contributed by atoms with Crippen molar-refractivity contribution in [1.82, 2.24) is 24.7 Å². The predicted octanol–water partition coefficient (Wildman–Crippen LogP) is 0.889. The molecule has 2 aromatic rings. The number of rotatable bonds is 8. The third-order valence-corrected chi connectivity index (χ3v) is 5.73. The molecule has 0 aliphatic rings. The number of aliphatic imine (C=N–C) groups is 1.